The van der Waals surface area contributed by atoms with E-state index in [1.54, 1.807) is 12.1 Å². The molecule has 7 heteroatoms. The van der Waals surface area contributed by atoms with Crippen LogP contribution in [-0.4, -0.2) is 35.1 Å². The number of sulfone groups is 1. The van der Waals surface area contributed by atoms with Crippen LogP contribution in [0.25, 0.3) is 11.4 Å². The molecular weight excluding hydrogens is 276 g/mol. The topological polar surface area (TPSA) is 102 Å². The summed E-state index contributed by atoms with van der Waals surface area (Å²) in [6, 6.07) is 7.33. The summed E-state index contributed by atoms with van der Waals surface area (Å²) in [5.41, 5.74) is 7.22. The first-order chi connectivity index (χ1) is 9.52. The van der Waals surface area contributed by atoms with Crippen LogP contribution in [0.15, 0.2) is 24.3 Å². The average Bonchev–Trinajstić information content (AvgIpc) is 2.98. The van der Waals surface area contributed by atoms with Crippen molar-refractivity contribution in [1.82, 2.24) is 15.2 Å². The first-order valence-corrected chi connectivity index (χ1v) is 8.31. The molecule has 1 aromatic carbocycles. The highest BCUT2D eigenvalue weighted by atomic mass is 32.2. The quantitative estimate of drug-likeness (QED) is 0.823. The van der Waals surface area contributed by atoms with Gasteiger partial charge in [0.25, 0.3) is 0 Å². The number of nitrogens with zero attached hydrogens (tertiary/aromatic N) is 2. The van der Waals surface area contributed by atoms with E-state index in [4.69, 9.17) is 5.73 Å². The molecule has 3 rings (SSSR count). The van der Waals surface area contributed by atoms with Crippen LogP contribution in [0.4, 0.5) is 5.69 Å². The van der Waals surface area contributed by atoms with Crippen LogP contribution >= 0.6 is 0 Å². The zero-order chi connectivity index (χ0) is 14.2. The molecule has 1 saturated heterocycles. The Kier molecular flexibility index (Phi) is 3.21. The van der Waals surface area contributed by atoms with E-state index in [0.29, 0.717) is 24.4 Å². The van der Waals surface area contributed by atoms with Crippen LogP contribution in [0.3, 0.4) is 0 Å². The molecule has 6 nitrogen and oxygen atoms in total. The van der Waals surface area contributed by atoms with Gasteiger partial charge in [0.2, 0.25) is 0 Å². The minimum absolute atomic E-state index is 0.146. The number of nitrogens with one attached hydrogen (secondary N) is 1. The normalized spacial score (nSPS) is 21.1. The number of aromatic amines is 1. The molecule has 1 aliphatic heterocycles. The molecule has 0 radical (unpaired) electrons. The molecule has 1 aliphatic rings. The molecule has 0 spiro atoms. The number of aromatic nitrogens is 3. The summed E-state index contributed by atoms with van der Waals surface area (Å²) in [6.07, 6.45) is 1.33. The van der Waals surface area contributed by atoms with Crippen LogP contribution < -0.4 is 5.73 Å². The predicted octanol–water partition coefficient (Wildman–Crippen LogP) is 1.03. The van der Waals surface area contributed by atoms with Crippen molar-refractivity contribution in [1.29, 1.82) is 0 Å². The molecule has 2 heterocycles. The van der Waals surface area contributed by atoms with Crippen molar-refractivity contribution in [2.75, 3.05) is 17.2 Å². The van der Waals surface area contributed by atoms with Gasteiger partial charge in [0.15, 0.2) is 15.7 Å². The Balaban J connectivity index is 1.73. The van der Waals surface area contributed by atoms with Gasteiger partial charge in [-0.1, -0.05) is 0 Å². The summed E-state index contributed by atoms with van der Waals surface area (Å²) in [5, 5.41) is 7.05. The van der Waals surface area contributed by atoms with E-state index >= 15 is 0 Å². The zero-order valence-corrected chi connectivity index (χ0v) is 11.7. The average molecular weight is 292 g/mol. The highest BCUT2D eigenvalue weighted by Crippen LogP contribution is 2.22. The van der Waals surface area contributed by atoms with Gasteiger partial charge in [-0.15, -0.1) is 0 Å². The lowest BCUT2D eigenvalue weighted by atomic mass is 10.1. The van der Waals surface area contributed by atoms with Crippen molar-refractivity contribution < 1.29 is 8.42 Å². The second-order valence-corrected chi connectivity index (χ2v) is 7.43. The third kappa shape index (κ3) is 2.82. The van der Waals surface area contributed by atoms with E-state index < -0.39 is 9.84 Å². The number of benzene rings is 1. The standard InChI is InChI=1S/C13H16N4O2S/c14-11-3-1-10(2-4-11)13-15-12(16-17-13)7-9-5-6-20(18,19)8-9/h1-4,9H,5-8,14H2,(H,15,16,17). The lowest BCUT2D eigenvalue weighted by molar-refractivity contribution is 0.570. The fourth-order valence-electron chi connectivity index (χ4n) is 2.45. The number of nitrogen functional groups attached to an aromatic ring is 1. The van der Waals surface area contributed by atoms with Gasteiger partial charge in [-0.05, 0) is 36.6 Å². The summed E-state index contributed by atoms with van der Waals surface area (Å²) >= 11 is 0. The first-order valence-electron chi connectivity index (χ1n) is 6.49. The molecule has 0 aliphatic carbocycles. The Morgan fingerprint density at radius 2 is 2.05 bits per heavy atom. The van der Waals surface area contributed by atoms with Crippen molar-refractivity contribution >= 4 is 15.5 Å². The van der Waals surface area contributed by atoms with Gasteiger partial charge in [0.05, 0.1) is 11.5 Å². The van der Waals surface area contributed by atoms with Gasteiger partial charge >= 0.3 is 0 Å². The summed E-state index contributed by atoms with van der Waals surface area (Å²) < 4.78 is 22.9. The second-order valence-electron chi connectivity index (χ2n) is 5.20. The third-order valence-corrected chi connectivity index (χ3v) is 5.35. The van der Waals surface area contributed by atoms with Gasteiger partial charge < -0.3 is 5.73 Å². The van der Waals surface area contributed by atoms with Crippen LogP contribution in [0.5, 0.6) is 0 Å². The van der Waals surface area contributed by atoms with Crippen molar-refractivity contribution in [2.24, 2.45) is 5.92 Å². The Bertz CT molecular complexity index is 706. The Morgan fingerprint density at radius 3 is 2.70 bits per heavy atom. The Labute approximate surface area is 117 Å². The number of hydrogen-bond acceptors (Lipinski definition) is 5. The molecule has 2 aromatic rings. The maximum atomic E-state index is 11.4. The zero-order valence-electron chi connectivity index (χ0n) is 10.9. The maximum Gasteiger partial charge on any atom is 0.181 e. The van der Waals surface area contributed by atoms with E-state index in [2.05, 4.69) is 15.2 Å². The number of anilines is 1. The Hall–Kier alpha value is -1.89. The molecule has 1 aromatic heterocycles. The highest BCUT2D eigenvalue weighted by Gasteiger charge is 2.28. The fraction of sp³-hybridized carbons (Fsp3) is 0.385. The molecule has 1 atom stereocenters. The van der Waals surface area contributed by atoms with Crippen molar-refractivity contribution in [3.63, 3.8) is 0 Å². The summed E-state index contributed by atoms with van der Waals surface area (Å²) in [6.45, 7) is 0. The largest absolute Gasteiger partial charge is 0.399 e. The number of rotatable bonds is 3. The molecule has 106 valence electrons. The van der Waals surface area contributed by atoms with Crippen molar-refractivity contribution in [2.45, 2.75) is 12.8 Å². The van der Waals surface area contributed by atoms with Gasteiger partial charge in [0.1, 0.15) is 5.82 Å². The minimum Gasteiger partial charge on any atom is -0.399 e. The molecule has 20 heavy (non-hydrogen) atoms. The van der Waals surface area contributed by atoms with E-state index in [9.17, 15) is 8.42 Å². The van der Waals surface area contributed by atoms with E-state index in [1.165, 1.54) is 0 Å². The van der Waals surface area contributed by atoms with Gasteiger partial charge in [-0.3, -0.25) is 5.10 Å². The molecule has 0 bridgehead atoms. The SMILES string of the molecule is Nc1ccc(-c2n[nH]c(CC3CCS(=O)(=O)C3)n2)cc1. The van der Waals surface area contributed by atoms with Gasteiger partial charge in [-0.25, -0.2) is 13.4 Å². The maximum absolute atomic E-state index is 11.4. The van der Waals surface area contributed by atoms with E-state index in [0.717, 1.165) is 11.4 Å². The minimum atomic E-state index is -2.84. The lowest BCUT2D eigenvalue weighted by Gasteiger charge is -2.02. The van der Waals surface area contributed by atoms with Crippen LogP contribution in [0.1, 0.15) is 12.2 Å². The van der Waals surface area contributed by atoms with Gasteiger partial charge in [0, 0.05) is 17.7 Å². The molecular formula is C13H16N4O2S. The summed E-state index contributed by atoms with van der Waals surface area (Å²) in [5.74, 6) is 2.04. The monoisotopic (exact) mass is 292 g/mol. The van der Waals surface area contributed by atoms with Crippen molar-refractivity contribution in [3.05, 3.63) is 30.1 Å². The second kappa shape index (κ2) is 4.90. The van der Waals surface area contributed by atoms with Gasteiger partial charge in [-0.2, -0.15) is 5.10 Å². The summed E-state index contributed by atoms with van der Waals surface area (Å²) in [4.78, 5) is 4.42. The number of nitrogens with two attached hydrogens (primary N) is 1. The van der Waals surface area contributed by atoms with Crippen LogP contribution in [-0.2, 0) is 16.3 Å². The smallest absolute Gasteiger partial charge is 0.181 e. The highest BCUT2D eigenvalue weighted by molar-refractivity contribution is 7.91. The Morgan fingerprint density at radius 1 is 1.30 bits per heavy atom. The summed E-state index contributed by atoms with van der Waals surface area (Å²) in [7, 11) is -2.84. The molecule has 0 amide bonds. The van der Waals surface area contributed by atoms with E-state index in [1.807, 2.05) is 12.1 Å². The van der Waals surface area contributed by atoms with Crippen LogP contribution in [0.2, 0.25) is 0 Å². The molecule has 3 N–H and O–H groups in total. The lowest BCUT2D eigenvalue weighted by Crippen LogP contribution is -2.08. The number of hydrogen-bond donors (Lipinski definition) is 2. The number of H-pyrrole nitrogens is 1. The predicted molar refractivity (Wildman–Crippen MR) is 76.7 cm³/mol. The molecule has 1 fully saturated rings. The first kappa shape index (κ1) is 13.1. The van der Waals surface area contributed by atoms with Crippen LogP contribution in [0, 0.1) is 5.92 Å². The van der Waals surface area contributed by atoms with Crippen molar-refractivity contribution in [3.8, 4) is 11.4 Å². The molecule has 1 unspecified atom stereocenters. The fourth-order valence-corrected chi connectivity index (χ4v) is 4.32. The third-order valence-electron chi connectivity index (χ3n) is 3.51. The van der Waals surface area contributed by atoms with E-state index in [-0.39, 0.29) is 17.4 Å². The molecule has 0 saturated carbocycles.